The number of aliphatic hydroxyl groups is 1. The average Bonchev–Trinajstić information content (AvgIpc) is 3.20. The minimum absolute atomic E-state index is 0.172. The minimum atomic E-state index is -0.243. The molecule has 0 aromatic heterocycles. The lowest BCUT2D eigenvalue weighted by Crippen LogP contribution is -2.46. The van der Waals surface area contributed by atoms with Gasteiger partial charge in [-0.25, -0.2) is 0 Å². The van der Waals surface area contributed by atoms with Gasteiger partial charge in [-0.3, -0.25) is 0 Å². The minimum Gasteiger partial charge on any atom is -0.394 e. The third-order valence-corrected chi connectivity index (χ3v) is 3.85. The highest BCUT2D eigenvalue weighted by Gasteiger charge is 2.35. The van der Waals surface area contributed by atoms with Crippen LogP contribution in [-0.4, -0.2) is 17.8 Å². The van der Waals surface area contributed by atoms with E-state index in [0.717, 1.165) is 12.8 Å². The zero-order chi connectivity index (χ0) is 12.3. The van der Waals surface area contributed by atoms with Crippen LogP contribution in [0.15, 0.2) is 24.3 Å². The number of rotatable bonds is 6. The Hall–Kier alpha value is -0.860. The van der Waals surface area contributed by atoms with Crippen LogP contribution in [0.1, 0.15) is 44.2 Å². The number of aryl methyl sites for hydroxylation is 1. The van der Waals surface area contributed by atoms with Crippen molar-refractivity contribution < 1.29 is 5.11 Å². The van der Waals surface area contributed by atoms with Crippen LogP contribution < -0.4 is 5.32 Å². The van der Waals surface area contributed by atoms with Crippen molar-refractivity contribution in [1.82, 2.24) is 5.32 Å². The highest BCUT2D eigenvalue weighted by Crippen LogP contribution is 2.31. The molecule has 1 aromatic rings. The number of hydrogen-bond acceptors (Lipinski definition) is 2. The predicted molar refractivity (Wildman–Crippen MR) is 71.0 cm³/mol. The fourth-order valence-corrected chi connectivity index (χ4v) is 2.32. The van der Waals surface area contributed by atoms with E-state index in [2.05, 4.69) is 43.4 Å². The molecule has 0 saturated heterocycles. The largest absolute Gasteiger partial charge is 0.394 e. The molecule has 0 radical (unpaired) electrons. The van der Waals surface area contributed by atoms with Gasteiger partial charge in [0.15, 0.2) is 0 Å². The second kappa shape index (κ2) is 5.19. The lowest BCUT2D eigenvalue weighted by atomic mass is 9.87. The van der Waals surface area contributed by atoms with Crippen molar-refractivity contribution in [2.75, 3.05) is 6.61 Å². The molecule has 1 fully saturated rings. The molecule has 2 nitrogen and oxygen atoms in total. The van der Waals surface area contributed by atoms with Crippen LogP contribution >= 0.6 is 0 Å². The first-order chi connectivity index (χ1) is 8.24. The summed E-state index contributed by atoms with van der Waals surface area (Å²) in [7, 11) is 0. The van der Waals surface area contributed by atoms with Crippen LogP contribution in [0.25, 0.3) is 0 Å². The second-order valence-electron chi connectivity index (χ2n) is 5.06. The van der Waals surface area contributed by atoms with Gasteiger partial charge in [-0.1, -0.05) is 38.1 Å². The summed E-state index contributed by atoms with van der Waals surface area (Å²) < 4.78 is 0. The Labute approximate surface area is 104 Å². The molecular formula is C15H23NO. The van der Waals surface area contributed by atoms with Crippen molar-refractivity contribution in [3.8, 4) is 0 Å². The zero-order valence-corrected chi connectivity index (χ0v) is 10.9. The maximum atomic E-state index is 9.77. The van der Waals surface area contributed by atoms with Crippen molar-refractivity contribution >= 4 is 0 Å². The standard InChI is InChI=1S/C15H23NO/c1-3-12-5-7-13(8-6-12)15(4-2,11-17)16-14-9-10-14/h5-8,14,16-17H,3-4,9-11H2,1-2H3. The Kier molecular flexibility index (Phi) is 3.85. The molecule has 1 saturated carbocycles. The fourth-order valence-electron chi connectivity index (χ4n) is 2.32. The van der Waals surface area contributed by atoms with Crippen molar-refractivity contribution in [1.29, 1.82) is 0 Å². The molecule has 0 amide bonds. The van der Waals surface area contributed by atoms with E-state index in [1.54, 1.807) is 0 Å². The van der Waals surface area contributed by atoms with E-state index in [0.29, 0.717) is 6.04 Å². The van der Waals surface area contributed by atoms with Gasteiger partial charge >= 0.3 is 0 Å². The van der Waals surface area contributed by atoms with Gasteiger partial charge in [0.2, 0.25) is 0 Å². The molecule has 0 heterocycles. The first-order valence-electron chi connectivity index (χ1n) is 6.72. The first kappa shape index (κ1) is 12.6. The number of hydrogen-bond donors (Lipinski definition) is 2. The van der Waals surface area contributed by atoms with Crippen molar-refractivity contribution in [3.63, 3.8) is 0 Å². The highest BCUT2D eigenvalue weighted by molar-refractivity contribution is 5.29. The van der Waals surface area contributed by atoms with Crippen molar-refractivity contribution in [2.45, 2.75) is 51.1 Å². The molecule has 0 aliphatic heterocycles. The average molecular weight is 233 g/mol. The Bertz CT molecular complexity index is 350. The van der Waals surface area contributed by atoms with Gasteiger partial charge in [0.05, 0.1) is 12.1 Å². The summed E-state index contributed by atoms with van der Waals surface area (Å²) in [5.41, 5.74) is 2.32. The SMILES string of the molecule is CCc1ccc(C(CC)(CO)NC2CC2)cc1. The van der Waals surface area contributed by atoms with E-state index >= 15 is 0 Å². The molecule has 17 heavy (non-hydrogen) atoms. The van der Waals surface area contributed by atoms with E-state index < -0.39 is 0 Å². The van der Waals surface area contributed by atoms with E-state index in [9.17, 15) is 5.11 Å². The van der Waals surface area contributed by atoms with Gasteiger partial charge in [-0.2, -0.15) is 0 Å². The smallest absolute Gasteiger partial charge is 0.0668 e. The van der Waals surface area contributed by atoms with Crippen LogP contribution in [-0.2, 0) is 12.0 Å². The van der Waals surface area contributed by atoms with Gasteiger partial charge in [0.25, 0.3) is 0 Å². The lowest BCUT2D eigenvalue weighted by Gasteiger charge is -2.33. The van der Waals surface area contributed by atoms with Gasteiger partial charge in [0, 0.05) is 6.04 Å². The van der Waals surface area contributed by atoms with Crippen LogP contribution in [0.4, 0.5) is 0 Å². The van der Waals surface area contributed by atoms with E-state index in [1.165, 1.54) is 24.0 Å². The summed E-state index contributed by atoms with van der Waals surface area (Å²) in [6, 6.07) is 9.27. The maximum Gasteiger partial charge on any atom is 0.0668 e. The summed E-state index contributed by atoms with van der Waals surface area (Å²) in [6.07, 6.45) is 4.48. The van der Waals surface area contributed by atoms with Crippen LogP contribution in [0.3, 0.4) is 0 Å². The quantitative estimate of drug-likeness (QED) is 0.791. The molecule has 1 aliphatic carbocycles. The third-order valence-electron chi connectivity index (χ3n) is 3.85. The fraction of sp³-hybridized carbons (Fsp3) is 0.600. The van der Waals surface area contributed by atoms with Gasteiger partial charge < -0.3 is 10.4 Å². The molecule has 1 aromatic carbocycles. The Balaban J connectivity index is 2.23. The Morgan fingerprint density at radius 1 is 1.24 bits per heavy atom. The normalized spacial score (nSPS) is 19.0. The van der Waals surface area contributed by atoms with Crippen molar-refractivity contribution in [2.24, 2.45) is 0 Å². The molecule has 94 valence electrons. The van der Waals surface area contributed by atoms with Crippen LogP contribution in [0.2, 0.25) is 0 Å². The molecule has 2 N–H and O–H groups in total. The Morgan fingerprint density at radius 2 is 1.88 bits per heavy atom. The lowest BCUT2D eigenvalue weighted by molar-refractivity contribution is 0.153. The monoisotopic (exact) mass is 233 g/mol. The number of benzene rings is 1. The molecule has 2 heteroatoms. The molecule has 1 aliphatic rings. The molecule has 0 bridgehead atoms. The van der Waals surface area contributed by atoms with Crippen LogP contribution in [0.5, 0.6) is 0 Å². The first-order valence-corrected chi connectivity index (χ1v) is 6.72. The predicted octanol–water partition coefficient (Wildman–Crippen LogP) is 2.60. The molecule has 1 atom stereocenters. The number of aliphatic hydroxyl groups excluding tert-OH is 1. The molecule has 1 unspecified atom stereocenters. The third kappa shape index (κ3) is 2.70. The maximum absolute atomic E-state index is 9.77. The van der Waals surface area contributed by atoms with E-state index in [4.69, 9.17) is 0 Å². The van der Waals surface area contributed by atoms with Gasteiger partial charge in [0.1, 0.15) is 0 Å². The summed E-state index contributed by atoms with van der Waals surface area (Å²) in [6.45, 7) is 4.47. The Morgan fingerprint density at radius 3 is 2.29 bits per heavy atom. The summed E-state index contributed by atoms with van der Waals surface area (Å²) in [4.78, 5) is 0. The van der Waals surface area contributed by atoms with E-state index in [1.807, 2.05) is 0 Å². The highest BCUT2D eigenvalue weighted by atomic mass is 16.3. The number of nitrogens with one attached hydrogen (secondary N) is 1. The van der Waals surface area contributed by atoms with E-state index in [-0.39, 0.29) is 12.1 Å². The van der Waals surface area contributed by atoms with Gasteiger partial charge in [-0.15, -0.1) is 0 Å². The summed E-state index contributed by atoms with van der Waals surface area (Å²) in [5, 5.41) is 13.4. The van der Waals surface area contributed by atoms with Crippen LogP contribution in [0, 0.1) is 0 Å². The van der Waals surface area contributed by atoms with Gasteiger partial charge in [-0.05, 0) is 36.8 Å². The summed E-state index contributed by atoms with van der Waals surface area (Å²) in [5.74, 6) is 0. The molecule has 0 spiro atoms. The topological polar surface area (TPSA) is 32.3 Å². The molecular weight excluding hydrogens is 210 g/mol. The zero-order valence-electron chi connectivity index (χ0n) is 10.9. The van der Waals surface area contributed by atoms with Crippen molar-refractivity contribution in [3.05, 3.63) is 35.4 Å². The molecule has 2 rings (SSSR count). The summed E-state index contributed by atoms with van der Waals surface area (Å²) >= 11 is 0. The second-order valence-corrected chi connectivity index (χ2v) is 5.06.